The first kappa shape index (κ1) is 23.4. The van der Waals surface area contributed by atoms with Gasteiger partial charge in [0.05, 0.1) is 11.3 Å². The minimum absolute atomic E-state index is 0.0176. The molecular formula is C28H32N2O5. The number of ether oxygens (including phenoxy) is 1. The van der Waals surface area contributed by atoms with Gasteiger partial charge in [-0.2, -0.15) is 0 Å². The first-order valence-corrected chi connectivity index (χ1v) is 12.5. The predicted octanol–water partition coefficient (Wildman–Crippen LogP) is 4.45. The number of carboxylic acids is 1. The number of benzene rings is 2. The van der Waals surface area contributed by atoms with E-state index in [1.807, 2.05) is 31.2 Å². The van der Waals surface area contributed by atoms with Crippen LogP contribution in [0.4, 0.5) is 4.79 Å². The number of hydrogen-bond donors (Lipinski definition) is 3. The van der Waals surface area contributed by atoms with Gasteiger partial charge in [-0.15, -0.1) is 0 Å². The predicted molar refractivity (Wildman–Crippen MR) is 131 cm³/mol. The van der Waals surface area contributed by atoms with Crippen LogP contribution in [0.15, 0.2) is 48.5 Å². The van der Waals surface area contributed by atoms with E-state index in [9.17, 15) is 19.5 Å². The van der Waals surface area contributed by atoms with Crippen LogP contribution in [-0.2, 0) is 14.3 Å². The number of amides is 2. The molecule has 4 atom stereocenters. The highest BCUT2D eigenvalue weighted by Crippen LogP contribution is 2.44. The summed E-state index contributed by atoms with van der Waals surface area (Å²) < 4.78 is 5.70. The maximum Gasteiger partial charge on any atom is 0.407 e. The van der Waals surface area contributed by atoms with Crippen LogP contribution >= 0.6 is 0 Å². The van der Waals surface area contributed by atoms with Crippen LogP contribution in [0.3, 0.4) is 0 Å². The number of alkyl carbamates (subject to hydrolysis) is 1. The standard InChI is InChI=1S/C28H32N2O5/c1-28(26(33)29-18-13-12-17(15-18)25(31)32)14-6-11-24(28)30-27(34)35-16-23-21-9-4-2-7-19(21)20-8-3-5-10-22(20)23/h2-5,7-10,17-18,23-24H,6,11-16H2,1H3,(H,29,33)(H,30,34)(H,31,32)/t17-,18+,24?,28?/m1/s1. The van der Waals surface area contributed by atoms with Crippen LogP contribution in [0.25, 0.3) is 11.1 Å². The molecule has 0 aromatic heterocycles. The Morgan fingerprint density at radius 3 is 2.26 bits per heavy atom. The number of rotatable bonds is 6. The molecule has 7 nitrogen and oxygen atoms in total. The lowest BCUT2D eigenvalue weighted by atomic mass is 9.83. The van der Waals surface area contributed by atoms with Crippen molar-refractivity contribution in [2.24, 2.45) is 11.3 Å². The van der Waals surface area contributed by atoms with Gasteiger partial charge in [0, 0.05) is 18.0 Å². The van der Waals surface area contributed by atoms with E-state index in [-0.39, 0.29) is 30.5 Å². The van der Waals surface area contributed by atoms with E-state index >= 15 is 0 Å². The summed E-state index contributed by atoms with van der Waals surface area (Å²) in [6.45, 7) is 2.11. The number of fused-ring (bicyclic) bond motifs is 3. The van der Waals surface area contributed by atoms with Crippen LogP contribution in [0.2, 0.25) is 0 Å². The molecule has 5 rings (SSSR count). The monoisotopic (exact) mass is 476 g/mol. The van der Waals surface area contributed by atoms with Crippen molar-refractivity contribution < 1.29 is 24.2 Å². The Balaban J connectivity index is 1.20. The van der Waals surface area contributed by atoms with Crippen molar-refractivity contribution in [2.75, 3.05) is 6.61 Å². The summed E-state index contributed by atoms with van der Waals surface area (Å²) in [5.41, 5.74) is 3.92. The van der Waals surface area contributed by atoms with Crippen molar-refractivity contribution in [3.63, 3.8) is 0 Å². The van der Waals surface area contributed by atoms with Crippen LogP contribution in [-0.4, -0.2) is 41.8 Å². The Morgan fingerprint density at radius 1 is 0.971 bits per heavy atom. The first-order valence-electron chi connectivity index (χ1n) is 12.5. The minimum Gasteiger partial charge on any atom is -0.481 e. The molecule has 0 bridgehead atoms. The van der Waals surface area contributed by atoms with E-state index < -0.39 is 23.4 Å². The third kappa shape index (κ3) is 4.40. The van der Waals surface area contributed by atoms with E-state index in [0.29, 0.717) is 32.1 Å². The zero-order chi connectivity index (χ0) is 24.6. The summed E-state index contributed by atoms with van der Waals surface area (Å²) >= 11 is 0. The van der Waals surface area contributed by atoms with Gasteiger partial charge < -0.3 is 20.5 Å². The Bertz CT molecular complexity index is 1100. The maximum absolute atomic E-state index is 13.2. The summed E-state index contributed by atoms with van der Waals surface area (Å²) in [5, 5.41) is 15.2. The van der Waals surface area contributed by atoms with Crippen molar-refractivity contribution in [3.05, 3.63) is 59.7 Å². The molecule has 3 N–H and O–H groups in total. The lowest BCUT2D eigenvalue weighted by Crippen LogP contribution is -2.53. The third-order valence-electron chi connectivity index (χ3n) is 8.23. The van der Waals surface area contributed by atoms with Gasteiger partial charge in [-0.05, 0) is 61.3 Å². The fourth-order valence-corrected chi connectivity index (χ4v) is 6.14. The number of aliphatic carboxylic acids is 1. The van der Waals surface area contributed by atoms with E-state index in [4.69, 9.17) is 4.74 Å². The van der Waals surface area contributed by atoms with E-state index in [0.717, 1.165) is 17.5 Å². The van der Waals surface area contributed by atoms with Gasteiger partial charge >= 0.3 is 12.1 Å². The molecule has 184 valence electrons. The number of carbonyl (C=O) groups excluding carboxylic acids is 2. The number of nitrogens with one attached hydrogen (secondary N) is 2. The van der Waals surface area contributed by atoms with Crippen LogP contribution in [0.5, 0.6) is 0 Å². The molecule has 7 heteroatoms. The first-order chi connectivity index (χ1) is 16.9. The molecule has 35 heavy (non-hydrogen) atoms. The molecule has 2 aromatic rings. The van der Waals surface area contributed by atoms with Gasteiger partial charge in [0.2, 0.25) is 5.91 Å². The smallest absolute Gasteiger partial charge is 0.407 e. The zero-order valence-corrected chi connectivity index (χ0v) is 20.0. The number of carbonyl (C=O) groups is 3. The van der Waals surface area contributed by atoms with Gasteiger partial charge in [0.25, 0.3) is 0 Å². The number of carboxylic acid groups (broad SMARTS) is 1. The van der Waals surface area contributed by atoms with Crippen molar-refractivity contribution in [3.8, 4) is 11.1 Å². The topological polar surface area (TPSA) is 105 Å². The molecule has 0 saturated heterocycles. The van der Waals surface area contributed by atoms with Crippen molar-refractivity contribution in [1.82, 2.24) is 10.6 Å². The molecule has 2 amide bonds. The molecule has 2 saturated carbocycles. The van der Waals surface area contributed by atoms with Crippen molar-refractivity contribution in [1.29, 1.82) is 0 Å². The summed E-state index contributed by atoms with van der Waals surface area (Å²) in [6.07, 6.45) is 3.41. The molecule has 3 aliphatic carbocycles. The summed E-state index contributed by atoms with van der Waals surface area (Å²) in [5.74, 6) is -1.33. The van der Waals surface area contributed by atoms with Crippen LogP contribution in [0.1, 0.15) is 62.5 Å². The molecule has 0 spiro atoms. The highest BCUT2D eigenvalue weighted by Gasteiger charge is 2.47. The van der Waals surface area contributed by atoms with Gasteiger partial charge in [-0.25, -0.2) is 4.79 Å². The van der Waals surface area contributed by atoms with E-state index in [1.54, 1.807) is 0 Å². The summed E-state index contributed by atoms with van der Waals surface area (Å²) in [6, 6.07) is 15.9. The second-order valence-corrected chi connectivity index (χ2v) is 10.4. The van der Waals surface area contributed by atoms with Gasteiger partial charge in [0.15, 0.2) is 0 Å². The molecule has 0 radical (unpaired) electrons. The Kier molecular flexibility index (Phi) is 6.26. The van der Waals surface area contributed by atoms with Gasteiger partial charge in [0.1, 0.15) is 6.61 Å². The van der Waals surface area contributed by atoms with Gasteiger partial charge in [-0.1, -0.05) is 55.0 Å². The average Bonchev–Trinajstić information content (AvgIpc) is 3.55. The van der Waals surface area contributed by atoms with E-state index in [1.165, 1.54) is 11.1 Å². The quantitative estimate of drug-likeness (QED) is 0.571. The molecular weight excluding hydrogens is 444 g/mol. The normalized spacial score (nSPS) is 27.2. The highest BCUT2D eigenvalue weighted by atomic mass is 16.5. The highest BCUT2D eigenvalue weighted by molar-refractivity contribution is 5.85. The molecule has 0 aliphatic heterocycles. The van der Waals surface area contributed by atoms with Gasteiger partial charge in [-0.3, -0.25) is 9.59 Å². The zero-order valence-electron chi connectivity index (χ0n) is 20.0. The minimum atomic E-state index is -0.802. The maximum atomic E-state index is 13.2. The van der Waals surface area contributed by atoms with Crippen LogP contribution in [0, 0.1) is 11.3 Å². The molecule has 3 aliphatic rings. The lowest BCUT2D eigenvalue weighted by molar-refractivity contribution is -0.141. The Morgan fingerprint density at radius 2 is 1.63 bits per heavy atom. The summed E-state index contributed by atoms with van der Waals surface area (Å²) in [7, 11) is 0. The molecule has 2 aromatic carbocycles. The Hall–Kier alpha value is -3.35. The van der Waals surface area contributed by atoms with Crippen LogP contribution < -0.4 is 10.6 Å². The molecule has 0 heterocycles. The average molecular weight is 477 g/mol. The third-order valence-corrected chi connectivity index (χ3v) is 8.23. The fourth-order valence-electron chi connectivity index (χ4n) is 6.14. The van der Waals surface area contributed by atoms with Crippen molar-refractivity contribution >= 4 is 18.0 Å². The second-order valence-electron chi connectivity index (χ2n) is 10.4. The van der Waals surface area contributed by atoms with E-state index in [2.05, 4.69) is 34.9 Å². The lowest BCUT2D eigenvalue weighted by Gasteiger charge is -2.32. The molecule has 2 fully saturated rings. The number of hydrogen-bond acceptors (Lipinski definition) is 4. The molecule has 2 unspecified atom stereocenters. The summed E-state index contributed by atoms with van der Waals surface area (Å²) in [4.78, 5) is 37.2. The second kappa shape index (κ2) is 9.36. The Labute approximate surface area is 205 Å². The van der Waals surface area contributed by atoms with Crippen molar-refractivity contribution in [2.45, 2.75) is 63.5 Å². The SMILES string of the molecule is CC1(C(=O)N[C@H]2CC[C@@H](C(=O)O)C2)CCCC1NC(=O)OCC1c2ccccc2-c2ccccc21. The largest absolute Gasteiger partial charge is 0.481 e. The fraction of sp³-hybridized carbons (Fsp3) is 0.464.